The first-order valence-electron chi connectivity index (χ1n) is 7.68. The van der Waals surface area contributed by atoms with Gasteiger partial charge in [-0.1, -0.05) is 20.3 Å². The topological polar surface area (TPSA) is 35.5 Å². The maximum Gasteiger partial charge on any atom is 0.0610 e. The van der Waals surface area contributed by atoms with Crippen LogP contribution in [-0.2, 0) is 0 Å². The second-order valence-electron chi connectivity index (χ2n) is 6.30. The molecule has 2 unspecified atom stereocenters. The molecule has 0 saturated carbocycles. The first-order chi connectivity index (χ1) is 8.59. The lowest BCUT2D eigenvalue weighted by Gasteiger charge is -2.29. The normalized spacial score (nSPS) is 24.3. The zero-order valence-corrected chi connectivity index (χ0v) is 12.5. The molecule has 0 aromatic carbocycles. The summed E-state index contributed by atoms with van der Waals surface area (Å²) < 4.78 is 0. The lowest BCUT2D eigenvalue weighted by molar-refractivity contribution is 0.161. The average molecular weight is 256 g/mol. The molecule has 108 valence electrons. The Balaban J connectivity index is 2.11. The molecule has 2 atom stereocenters. The van der Waals surface area contributed by atoms with E-state index in [2.05, 4.69) is 31.0 Å². The van der Waals surface area contributed by atoms with Crippen LogP contribution in [0.5, 0.6) is 0 Å². The van der Waals surface area contributed by atoms with Crippen LogP contribution in [0.1, 0.15) is 52.9 Å². The van der Waals surface area contributed by atoms with Gasteiger partial charge in [-0.15, -0.1) is 0 Å². The van der Waals surface area contributed by atoms with Crippen LogP contribution in [0, 0.1) is 5.92 Å². The molecule has 1 saturated heterocycles. The number of nitrogens with one attached hydrogen (secondary N) is 1. The third-order valence-electron chi connectivity index (χ3n) is 4.11. The molecule has 0 aliphatic carbocycles. The third-order valence-corrected chi connectivity index (χ3v) is 4.11. The van der Waals surface area contributed by atoms with Crippen molar-refractivity contribution < 1.29 is 5.11 Å². The number of hydrogen-bond donors (Lipinski definition) is 2. The summed E-state index contributed by atoms with van der Waals surface area (Å²) in [6, 6.07) is 0. The van der Waals surface area contributed by atoms with Crippen LogP contribution in [0.15, 0.2) is 0 Å². The fraction of sp³-hybridized carbons (Fsp3) is 1.00. The molecule has 0 amide bonds. The minimum atomic E-state index is -0.0751. The number of aliphatic hydroxyl groups excluding tert-OH is 1. The van der Waals surface area contributed by atoms with E-state index in [1.165, 1.54) is 38.9 Å². The van der Waals surface area contributed by atoms with E-state index >= 15 is 0 Å². The molecule has 2 N–H and O–H groups in total. The Hall–Kier alpha value is -0.120. The number of nitrogens with zero attached hydrogens (tertiary/aromatic N) is 1. The van der Waals surface area contributed by atoms with E-state index in [-0.39, 0.29) is 12.1 Å². The van der Waals surface area contributed by atoms with Crippen LogP contribution in [0.25, 0.3) is 0 Å². The van der Waals surface area contributed by atoms with Crippen LogP contribution in [0.4, 0.5) is 0 Å². The van der Waals surface area contributed by atoms with Crippen LogP contribution < -0.4 is 5.32 Å². The maximum absolute atomic E-state index is 9.48. The molecule has 0 radical (unpaired) electrons. The van der Waals surface area contributed by atoms with Gasteiger partial charge in [0.15, 0.2) is 0 Å². The molecular weight excluding hydrogens is 224 g/mol. The lowest BCUT2D eigenvalue weighted by Crippen LogP contribution is -2.46. The first kappa shape index (κ1) is 15.9. The predicted molar refractivity (Wildman–Crippen MR) is 77.9 cm³/mol. The van der Waals surface area contributed by atoms with Gasteiger partial charge in [0.1, 0.15) is 0 Å². The van der Waals surface area contributed by atoms with E-state index in [1.807, 2.05) is 0 Å². The molecule has 1 rings (SSSR count). The van der Waals surface area contributed by atoms with Crippen molar-refractivity contribution in [2.24, 2.45) is 5.92 Å². The zero-order valence-electron chi connectivity index (χ0n) is 12.5. The highest BCUT2D eigenvalue weighted by atomic mass is 16.3. The molecule has 0 spiro atoms. The van der Waals surface area contributed by atoms with Gasteiger partial charge < -0.3 is 15.3 Å². The summed E-state index contributed by atoms with van der Waals surface area (Å²) in [5.41, 5.74) is -0.0751. The van der Waals surface area contributed by atoms with Crippen LogP contribution in [0.2, 0.25) is 0 Å². The molecule has 0 aromatic rings. The second-order valence-corrected chi connectivity index (χ2v) is 6.30. The summed E-state index contributed by atoms with van der Waals surface area (Å²) in [7, 11) is 0. The first-order valence-corrected chi connectivity index (χ1v) is 7.68. The molecule has 1 aliphatic heterocycles. The van der Waals surface area contributed by atoms with E-state index in [1.54, 1.807) is 0 Å². The summed E-state index contributed by atoms with van der Waals surface area (Å²) in [5, 5.41) is 13.0. The Morgan fingerprint density at radius 1 is 1.39 bits per heavy atom. The Morgan fingerprint density at radius 3 is 2.72 bits per heavy atom. The summed E-state index contributed by atoms with van der Waals surface area (Å²) in [6.07, 6.45) is 6.04. The smallest absolute Gasteiger partial charge is 0.0610 e. The highest BCUT2D eigenvalue weighted by Gasteiger charge is 2.22. The van der Waals surface area contributed by atoms with Gasteiger partial charge in [-0.2, -0.15) is 0 Å². The molecule has 0 aromatic heterocycles. The second kappa shape index (κ2) is 8.13. The van der Waals surface area contributed by atoms with Crippen LogP contribution >= 0.6 is 0 Å². The molecule has 1 aliphatic rings. The maximum atomic E-state index is 9.48. The van der Waals surface area contributed by atoms with E-state index in [9.17, 15) is 5.11 Å². The van der Waals surface area contributed by atoms with Gasteiger partial charge >= 0.3 is 0 Å². The van der Waals surface area contributed by atoms with Crippen molar-refractivity contribution >= 4 is 0 Å². The summed E-state index contributed by atoms with van der Waals surface area (Å²) in [5.74, 6) is 0.888. The van der Waals surface area contributed by atoms with Crippen molar-refractivity contribution in [2.75, 3.05) is 32.8 Å². The van der Waals surface area contributed by atoms with Crippen molar-refractivity contribution in [3.05, 3.63) is 0 Å². The van der Waals surface area contributed by atoms with Crippen molar-refractivity contribution in [2.45, 2.75) is 58.4 Å². The number of likely N-dealkylation sites (tertiary alicyclic amines) is 1. The number of aliphatic hydroxyl groups is 1. The van der Waals surface area contributed by atoms with Gasteiger partial charge in [-0.3, -0.25) is 0 Å². The Bertz CT molecular complexity index is 223. The van der Waals surface area contributed by atoms with Crippen molar-refractivity contribution in [3.8, 4) is 0 Å². The largest absolute Gasteiger partial charge is 0.394 e. The van der Waals surface area contributed by atoms with Crippen molar-refractivity contribution in [1.82, 2.24) is 10.2 Å². The van der Waals surface area contributed by atoms with Gasteiger partial charge in [0.2, 0.25) is 0 Å². The Morgan fingerprint density at radius 2 is 2.17 bits per heavy atom. The molecular formula is C15H32N2O. The summed E-state index contributed by atoms with van der Waals surface area (Å²) >= 11 is 0. The van der Waals surface area contributed by atoms with E-state index < -0.39 is 0 Å². The van der Waals surface area contributed by atoms with Gasteiger partial charge in [0.05, 0.1) is 6.61 Å². The Labute approximate surface area is 113 Å². The zero-order chi connectivity index (χ0) is 13.4. The van der Waals surface area contributed by atoms with Crippen molar-refractivity contribution in [1.29, 1.82) is 0 Å². The molecule has 3 heteroatoms. The van der Waals surface area contributed by atoms with Gasteiger partial charge in [-0.05, 0) is 58.2 Å². The lowest BCUT2D eigenvalue weighted by atomic mass is 9.95. The fourth-order valence-electron chi connectivity index (χ4n) is 2.73. The molecule has 1 heterocycles. The summed E-state index contributed by atoms with van der Waals surface area (Å²) in [6.45, 7) is 11.7. The third kappa shape index (κ3) is 5.68. The predicted octanol–water partition coefficient (Wildman–Crippen LogP) is 2.25. The molecule has 18 heavy (non-hydrogen) atoms. The van der Waals surface area contributed by atoms with Crippen LogP contribution in [0.3, 0.4) is 0 Å². The molecule has 0 bridgehead atoms. The van der Waals surface area contributed by atoms with Gasteiger partial charge in [0, 0.05) is 12.1 Å². The van der Waals surface area contributed by atoms with E-state index in [0.717, 1.165) is 25.3 Å². The standard InChI is InChI=1S/C15H32N2O/c1-4-9-16-15(3,13-18)8-5-6-10-17-11-7-14(2)12-17/h14,16,18H,4-13H2,1-3H3. The monoisotopic (exact) mass is 256 g/mol. The van der Waals surface area contributed by atoms with Crippen LogP contribution in [-0.4, -0.2) is 48.3 Å². The quantitative estimate of drug-likeness (QED) is 0.621. The molecule has 3 nitrogen and oxygen atoms in total. The Kier molecular flexibility index (Phi) is 7.20. The average Bonchev–Trinajstić information content (AvgIpc) is 2.78. The number of hydrogen-bond acceptors (Lipinski definition) is 3. The molecule has 1 fully saturated rings. The van der Waals surface area contributed by atoms with E-state index in [0.29, 0.717) is 0 Å². The number of rotatable bonds is 9. The van der Waals surface area contributed by atoms with Gasteiger partial charge in [0.25, 0.3) is 0 Å². The summed E-state index contributed by atoms with van der Waals surface area (Å²) in [4.78, 5) is 2.58. The fourth-order valence-corrected chi connectivity index (χ4v) is 2.73. The minimum absolute atomic E-state index is 0.0751. The highest BCUT2D eigenvalue weighted by molar-refractivity contribution is 4.82. The minimum Gasteiger partial charge on any atom is -0.394 e. The van der Waals surface area contributed by atoms with Crippen molar-refractivity contribution in [3.63, 3.8) is 0 Å². The SMILES string of the molecule is CCCNC(C)(CO)CCCCN1CCC(C)C1. The number of unbranched alkanes of at least 4 members (excludes halogenated alkanes) is 1. The van der Waals surface area contributed by atoms with Gasteiger partial charge in [-0.25, -0.2) is 0 Å². The van der Waals surface area contributed by atoms with E-state index in [4.69, 9.17) is 0 Å². The highest BCUT2D eigenvalue weighted by Crippen LogP contribution is 2.17.